The van der Waals surface area contributed by atoms with E-state index in [1.54, 1.807) is 6.07 Å². The van der Waals surface area contributed by atoms with E-state index in [4.69, 9.17) is 4.74 Å². The summed E-state index contributed by atoms with van der Waals surface area (Å²) in [6.45, 7) is 2.57. The van der Waals surface area contributed by atoms with Crippen molar-refractivity contribution in [3.8, 4) is 0 Å². The number of hydrogen-bond donors (Lipinski definition) is 1. The van der Waals surface area contributed by atoms with E-state index in [0.717, 1.165) is 5.69 Å². The molecule has 0 amide bonds. The monoisotopic (exact) mass is 207 g/mol. The van der Waals surface area contributed by atoms with E-state index in [0.29, 0.717) is 18.7 Å². The first-order chi connectivity index (χ1) is 7.15. The second-order valence-electron chi connectivity index (χ2n) is 3.85. The number of hydrogen-bond acceptors (Lipinski definition) is 3. The molecule has 15 heavy (non-hydrogen) atoms. The average Bonchev–Trinajstić information content (AvgIpc) is 2.67. The number of carboxylic acid groups (broad SMARTS) is 1. The minimum Gasteiger partial charge on any atom is -0.480 e. The summed E-state index contributed by atoms with van der Waals surface area (Å²) in [6, 6.07) is 5.45. The van der Waals surface area contributed by atoms with Crippen LogP contribution in [0.4, 0.5) is 0 Å². The number of aryl methyl sites for hydroxylation is 1. The van der Waals surface area contributed by atoms with Crippen LogP contribution < -0.4 is 0 Å². The smallest absolute Gasteiger partial charge is 0.318 e. The van der Waals surface area contributed by atoms with Crippen LogP contribution in [-0.2, 0) is 14.9 Å². The number of aliphatic carboxylic acids is 1. The first-order valence-corrected chi connectivity index (χ1v) is 4.90. The van der Waals surface area contributed by atoms with Crippen LogP contribution in [0.1, 0.15) is 17.8 Å². The van der Waals surface area contributed by atoms with Crippen molar-refractivity contribution in [2.45, 2.75) is 18.8 Å². The summed E-state index contributed by atoms with van der Waals surface area (Å²) < 4.78 is 5.20. The number of pyridine rings is 1. The molecule has 1 aliphatic heterocycles. The van der Waals surface area contributed by atoms with Crippen molar-refractivity contribution in [2.75, 3.05) is 13.2 Å². The Bertz CT molecular complexity index is 383. The van der Waals surface area contributed by atoms with Crippen molar-refractivity contribution in [1.29, 1.82) is 0 Å². The summed E-state index contributed by atoms with van der Waals surface area (Å²) in [5.41, 5.74) is 0.499. The summed E-state index contributed by atoms with van der Waals surface area (Å²) >= 11 is 0. The van der Waals surface area contributed by atoms with Crippen LogP contribution in [0.25, 0.3) is 0 Å². The Kier molecular flexibility index (Phi) is 2.44. The maximum atomic E-state index is 11.3. The van der Waals surface area contributed by atoms with Crippen LogP contribution >= 0.6 is 0 Å². The molecule has 0 bridgehead atoms. The second kappa shape index (κ2) is 3.62. The van der Waals surface area contributed by atoms with E-state index < -0.39 is 11.4 Å². The summed E-state index contributed by atoms with van der Waals surface area (Å²) in [5, 5.41) is 9.29. The molecule has 1 saturated heterocycles. The van der Waals surface area contributed by atoms with Gasteiger partial charge in [-0.2, -0.15) is 0 Å². The van der Waals surface area contributed by atoms with Crippen LogP contribution in [0.3, 0.4) is 0 Å². The number of carboxylic acids is 1. The first-order valence-electron chi connectivity index (χ1n) is 4.90. The molecule has 2 rings (SSSR count). The molecule has 1 aromatic rings. The maximum Gasteiger partial charge on any atom is 0.318 e. The third-order valence-corrected chi connectivity index (χ3v) is 2.81. The Labute approximate surface area is 87.9 Å². The molecule has 1 atom stereocenters. The van der Waals surface area contributed by atoms with E-state index >= 15 is 0 Å². The molecular weight excluding hydrogens is 194 g/mol. The largest absolute Gasteiger partial charge is 0.480 e. The zero-order valence-corrected chi connectivity index (χ0v) is 8.56. The fraction of sp³-hybridized carbons (Fsp3) is 0.455. The molecule has 0 aromatic carbocycles. The summed E-state index contributed by atoms with van der Waals surface area (Å²) in [4.78, 5) is 15.6. The molecular formula is C11H13NO3. The van der Waals surface area contributed by atoms with Gasteiger partial charge in [0.25, 0.3) is 0 Å². The minimum absolute atomic E-state index is 0.221. The molecule has 0 radical (unpaired) electrons. The van der Waals surface area contributed by atoms with Gasteiger partial charge in [-0.3, -0.25) is 9.78 Å². The lowest BCUT2D eigenvalue weighted by atomic mass is 9.83. The predicted octanol–water partition coefficient (Wildman–Crippen LogP) is 1.13. The number of rotatable bonds is 2. The number of aromatic nitrogens is 1. The van der Waals surface area contributed by atoms with Crippen LogP contribution in [0.15, 0.2) is 18.2 Å². The van der Waals surface area contributed by atoms with E-state index in [9.17, 15) is 9.90 Å². The van der Waals surface area contributed by atoms with Crippen LogP contribution in [0, 0.1) is 6.92 Å². The van der Waals surface area contributed by atoms with E-state index in [-0.39, 0.29) is 6.61 Å². The van der Waals surface area contributed by atoms with Gasteiger partial charge in [-0.25, -0.2) is 0 Å². The molecule has 4 nitrogen and oxygen atoms in total. The van der Waals surface area contributed by atoms with Crippen molar-refractivity contribution in [3.63, 3.8) is 0 Å². The molecule has 0 spiro atoms. The summed E-state index contributed by atoms with van der Waals surface area (Å²) in [7, 11) is 0. The Balaban J connectivity index is 2.45. The van der Waals surface area contributed by atoms with Gasteiger partial charge in [0, 0.05) is 12.3 Å². The number of carbonyl (C=O) groups is 1. The Morgan fingerprint density at radius 3 is 2.93 bits per heavy atom. The quantitative estimate of drug-likeness (QED) is 0.789. The van der Waals surface area contributed by atoms with Gasteiger partial charge < -0.3 is 9.84 Å². The van der Waals surface area contributed by atoms with Gasteiger partial charge in [-0.15, -0.1) is 0 Å². The third-order valence-electron chi connectivity index (χ3n) is 2.81. The molecule has 2 heterocycles. The fourth-order valence-electron chi connectivity index (χ4n) is 1.85. The van der Waals surface area contributed by atoms with Crippen molar-refractivity contribution in [2.24, 2.45) is 0 Å². The highest BCUT2D eigenvalue weighted by atomic mass is 16.5. The molecule has 80 valence electrons. The normalized spacial score (nSPS) is 25.4. The van der Waals surface area contributed by atoms with Gasteiger partial charge in [-0.1, -0.05) is 6.07 Å². The molecule has 4 heteroatoms. The van der Waals surface area contributed by atoms with Crippen molar-refractivity contribution in [3.05, 3.63) is 29.6 Å². The SMILES string of the molecule is Cc1cccc(C2(C(=O)O)CCOC2)n1. The van der Waals surface area contributed by atoms with Gasteiger partial charge in [0.1, 0.15) is 5.41 Å². The van der Waals surface area contributed by atoms with Gasteiger partial charge in [0.15, 0.2) is 0 Å². The molecule has 0 saturated carbocycles. The molecule has 0 aliphatic carbocycles. The lowest BCUT2D eigenvalue weighted by Crippen LogP contribution is -2.37. The highest BCUT2D eigenvalue weighted by Crippen LogP contribution is 2.32. The fourth-order valence-corrected chi connectivity index (χ4v) is 1.85. The number of ether oxygens (including phenoxy) is 1. The van der Waals surface area contributed by atoms with Crippen LogP contribution in [-0.4, -0.2) is 29.3 Å². The zero-order valence-electron chi connectivity index (χ0n) is 8.56. The zero-order chi connectivity index (χ0) is 10.9. The van der Waals surface area contributed by atoms with E-state index in [1.807, 2.05) is 19.1 Å². The van der Waals surface area contributed by atoms with Crippen molar-refractivity contribution >= 4 is 5.97 Å². The van der Waals surface area contributed by atoms with Crippen molar-refractivity contribution in [1.82, 2.24) is 4.98 Å². The predicted molar refractivity (Wildman–Crippen MR) is 53.7 cm³/mol. The lowest BCUT2D eigenvalue weighted by Gasteiger charge is -2.21. The summed E-state index contributed by atoms with van der Waals surface area (Å²) in [5.74, 6) is -0.849. The third kappa shape index (κ3) is 1.61. The molecule has 1 aliphatic rings. The summed E-state index contributed by atoms with van der Waals surface area (Å²) in [6.07, 6.45) is 0.499. The van der Waals surface area contributed by atoms with Crippen LogP contribution in [0.2, 0.25) is 0 Å². The first kappa shape index (κ1) is 10.1. The van der Waals surface area contributed by atoms with Gasteiger partial charge >= 0.3 is 5.97 Å². The van der Waals surface area contributed by atoms with Gasteiger partial charge in [-0.05, 0) is 25.5 Å². The Hall–Kier alpha value is -1.42. The molecule has 1 N–H and O–H groups in total. The Morgan fingerprint density at radius 2 is 2.40 bits per heavy atom. The van der Waals surface area contributed by atoms with Crippen molar-refractivity contribution < 1.29 is 14.6 Å². The van der Waals surface area contributed by atoms with Crippen LogP contribution in [0.5, 0.6) is 0 Å². The lowest BCUT2D eigenvalue weighted by molar-refractivity contribution is -0.144. The Morgan fingerprint density at radius 1 is 1.60 bits per heavy atom. The highest BCUT2D eigenvalue weighted by Gasteiger charge is 2.45. The standard InChI is InChI=1S/C11H13NO3/c1-8-3-2-4-9(12-8)11(10(13)14)5-6-15-7-11/h2-4H,5-7H2,1H3,(H,13,14). The topological polar surface area (TPSA) is 59.4 Å². The molecule has 1 aromatic heterocycles. The number of nitrogens with zero attached hydrogens (tertiary/aromatic N) is 1. The minimum atomic E-state index is -0.938. The molecule has 1 fully saturated rings. The second-order valence-corrected chi connectivity index (χ2v) is 3.85. The average molecular weight is 207 g/mol. The van der Waals surface area contributed by atoms with Gasteiger partial charge in [0.05, 0.1) is 12.3 Å². The van der Waals surface area contributed by atoms with Gasteiger partial charge in [0.2, 0.25) is 0 Å². The molecule has 1 unspecified atom stereocenters. The van der Waals surface area contributed by atoms with E-state index in [2.05, 4.69) is 4.98 Å². The maximum absolute atomic E-state index is 11.3. The van der Waals surface area contributed by atoms with E-state index in [1.165, 1.54) is 0 Å². The highest BCUT2D eigenvalue weighted by molar-refractivity contribution is 5.81.